The highest BCUT2D eigenvalue weighted by atomic mass is 32.1. The summed E-state index contributed by atoms with van der Waals surface area (Å²) >= 11 is 1.76. The van der Waals surface area contributed by atoms with Gasteiger partial charge in [-0.25, -0.2) is 9.55 Å². The van der Waals surface area contributed by atoms with Gasteiger partial charge in [0.25, 0.3) is 5.82 Å². The van der Waals surface area contributed by atoms with Crippen molar-refractivity contribution in [2.24, 2.45) is 7.05 Å². The fourth-order valence-corrected chi connectivity index (χ4v) is 6.34. The number of hydrogen-bond acceptors (Lipinski definition) is 2. The summed E-state index contributed by atoms with van der Waals surface area (Å²) in [6, 6.07) is 38.8. The van der Waals surface area contributed by atoms with Gasteiger partial charge in [-0.05, 0) is 48.2 Å². The lowest BCUT2D eigenvalue weighted by molar-refractivity contribution is -0.633. The second-order valence-electron chi connectivity index (χ2n) is 9.22. The van der Waals surface area contributed by atoms with Gasteiger partial charge < -0.3 is 0 Å². The summed E-state index contributed by atoms with van der Waals surface area (Å²) in [7, 11) is 2.17. The van der Waals surface area contributed by atoms with E-state index in [2.05, 4.69) is 126 Å². The van der Waals surface area contributed by atoms with Gasteiger partial charge >= 0.3 is 0 Å². The van der Waals surface area contributed by atoms with Crippen molar-refractivity contribution in [1.29, 1.82) is 0 Å². The summed E-state index contributed by atoms with van der Waals surface area (Å²) in [6.07, 6.45) is 0. The fourth-order valence-electron chi connectivity index (χ4n) is 5.28. The molecule has 4 heteroatoms. The number of thiazole rings is 1. The van der Waals surface area contributed by atoms with Crippen molar-refractivity contribution < 1.29 is 4.57 Å². The van der Waals surface area contributed by atoms with Crippen LogP contribution in [0, 0.1) is 6.92 Å². The van der Waals surface area contributed by atoms with Crippen LogP contribution in [0.25, 0.3) is 59.7 Å². The second-order valence-corrected chi connectivity index (χ2v) is 10.3. The zero-order valence-corrected chi connectivity index (χ0v) is 21.0. The lowest BCUT2D eigenvalue weighted by Gasteiger charge is -2.09. The van der Waals surface area contributed by atoms with Crippen LogP contribution >= 0.6 is 11.3 Å². The van der Waals surface area contributed by atoms with Gasteiger partial charge in [-0.3, -0.25) is 0 Å². The molecule has 36 heavy (non-hydrogen) atoms. The molecule has 3 nitrogen and oxygen atoms in total. The van der Waals surface area contributed by atoms with Gasteiger partial charge in [-0.2, -0.15) is 4.57 Å². The number of aryl methyl sites for hydroxylation is 2. The average Bonchev–Trinajstić information content (AvgIpc) is 3.46. The van der Waals surface area contributed by atoms with E-state index >= 15 is 0 Å². The van der Waals surface area contributed by atoms with Gasteiger partial charge in [0.2, 0.25) is 0 Å². The normalized spacial score (nSPS) is 11.6. The Labute approximate surface area is 213 Å². The Morgan fingerprint density at radius 3 is 2.42 bits per heavy atom. The molecule has 0 aliphatic rings. The van der Waals surface area contributed by atoms with E-state index in [-0.39, 0.29) is 0 Å². The molecule has 2 aromatic heterocycles. The number of nitrogens with zero attached hydrogens (tertiary/aromatic N) is 3. The summed E-state index contributed by atoms with van der Waals surface area (Å²) < 4.78 is 5.94. The summed E-state index contributed by atoms with van der Waals surface area (Å²) in [5.41, 5.74) is 8.20. The standard InChI is InChI=1S/C32H24N3S/c1-21-19-30-26(33-31(36-30)23-12-4-3-5-13-23)20-25(21)32-34(2)28-16-8-9-17-29(28)35(32)27-18-10-14-22-11-6-7-15-24(22)27/h3-20H,1-2H3/q+1. The molecular weight excluding hydrogens is 458 g/mol. The fraction of sp³-hybridized carbons (Fsp3) is 0.0625. The van der Waals surface area contributed by atoms with E-state index in [9.17, 15) is 0 Å². The van der Waals surface area contributed by atoms with Gasteiger partial charge in [-0.15, -0.1) is 11.3 Å². The molecule has 0 atom stereocenters. The lowest BCUT2D eigenvalue weighted by atomic mass is 10.1. The smallest absolute Gasteiger partial charge is 0.236 e. The molecule has 0 bridgehead atoms. The molecule has 0 radical (unpaired) electrons. The zero-order chi connectivity index (χ0) is 24.2. The highest BCUT2D eigenvalue weighted by Crippen LogP contribution is 2.37. The first kappa shape index (κ1) is 21.0. The van der Waals surface area contributed by atoms with E-state index < -0.39 is 0 Å². The van der Waals surface area contributed by atoms with Crippen molar-refractivity contribution >= 4 is 43.4 Å². The summed E-state index contributed by atoms with van der Waals surface area (Å²) in [5.74, 6) is 1.15. The maximum atomic E-state index is 5.05. The average molecular weight is 483 g/mol. The number of para-hydroxylation sites is 2. The number of benzene rings is 5. The number of fused-ring (bicyclic) bond motifs is 3. The number of hydrogen-bond donors (Lipinski definition) is 0. The van der Waals surface area contributed by atoms with Crippen LogP contribution in [-0.2, 0) is 7.05 Å². The lowest BCUT2D eigenvalue weighted by Crippen LogP contribution is -2.30. The summed E-state index contributed by atoms with van der Waals surface area (Å²) in [6.45, 7) is 2.21. The molecule has 0 spiro atoms. The van der Waals surface area contributed by atoms with Crippen molar-refractivity contribution in [2.75, 3.05) is 0 Å². The molecular formula is C32H24N3S+. The van der Waals surface area contributed by atoms with E-state index in [1.807, 2.05) is 6.07 Å². The molecule has 7 aromatic rings. The van der Waals surface area contributed by atoms with Crippen molar-refractivity contribution in [1.82, 2.24) is 9.55 Å². The van der Waals surface area contributed by atoms with E-state index in [1.165, 1.54) is 43.3 Å². The molecule has 0 N–H and O–H groups in total. The Morgan fingerprint density at radius 2 is 1.53 bits per heavy atom. The van der Waals surface area contributed by atoms with Crippen molar-refractivity contribution in [3.63, 3.8) is 0 Å². The van der Waals surface area contributed by atoms with Crippen LogP contribution < -0.4 is 4.57 Å². The van der Waals surface area contributed by atoms with Gasteiger partial charge in [-0.1, -0.05) is 78.9 Å². The zero-order valence-electron chi connectivity index (χ0n) is 20.1. The van der Waals surface area contributed by atoms with Crippen LogP contribution in [0.2, 0.25) is 0 Å². The first-order valence-electron chi connectivity index (χ1n) is 12.1. The van der Waals surface area contributed by atoms with Crippen LogP contribution in [-0.4, -0.2) is 9.55 Å². The minimum atomic E-state index is 1.04. The van der Waals surface area contributed by atoms with E-state index in [0.29, 0.717) is 0 Å². The first-order chi connectivity index (χ1) is 17.7. The van der Waals surface area contributed by atoms with Crippen LogP contribution in [0.5, 0.6) is 0 Å². The summed E-state index contributed by atoms with van der Waals surface area (Å²) in [5, 5.41) is 3.53. The van der Waals surface area contributed by atoms with Crippen LogP contribution in [0.15, 0.2) is 109 Å². The van der Waals surface area contributed by atoms with Gasteiger partial charge in [0.05, 0.1) is 22.8 Å². The molecule has 0 amide bonds. The quantitative estimate of drug-likeness (QED) is 0.235. The SMILES string of the molecule is Cc1cc2sc(-c3ccccc3)nc2cc1-c1n(-c2cccc3ccccc23)c2ccccc2[n+]1C. The predicted octanol–water partition coefficient (Wildman–Crippen LogP) is 7.86. The summed E-state index contributed by atoms with van der Waals surface area (Å²) in [4.78, 5) is 5.05. The van der Waals surface area contributed by atoms with Crippen LogP contribution in [0.3, 0.4) is 0 Å². The topological polar surface area (TPSA) is 21.7 Å². The largest absolute Gasteiger partial charge is 0.295 e. The van der Waals surface area contributed by atoms with Gasteiger partial charge in [0.15, 0.2) is 11.0 Å². The van der Waals surface area contributed by atoms with Crippen molar-refractivity contribution in [3.05, 3.63) is 115 Å². The Morgan fingerprint density at radius 1 is 0.778 bits per heavy atom. The van der Waals surface area contributed by atoms with Crippen molar-refractivity contribution in [3.8, 4) is 27.6 Å². The minimum absolute atomic E-state index is 1.04. The van der Waals surface area contributed by atoms with Gasteiger partial charge in [0, 0.05) is 10.9 Å². The second kappa shape index (κ2) is 8.14. The third-order valence-electron chi connectivity index (χ3n) is 7.02. The number of aromatic nitrogens is 3. The molecule has 5 aromatic carbocycles. The Balaban J connectivity index is 1.54. The highest BCUT2D eigenvalue weighted by molar-refractivity contribution is 7.21. The molecule has 2 heterocycles. The molecule has 0 aliphatic carbocycles. The molecule has 0 unspecified atom stereocenters. The third kappa shape index (κ3) is 3.19. The molecule has 7 rings (SSSR count). The van der Waals surface area contributed by atoms with Crippen molar-refractivity contribution in [2.45, 2.75) is 6.92 Å². The van der Waals surface area contributed by atoms with E-state index in [4.69, 9.17) is 4.98 Å². The highest BCUT2D eigenvalue weighted by Gasteiger charge is 2.28. The maximum absolute atomic E-state index is 5.05. The molecule has 0 fully saturated rings. The first-order valence-corrected chi connectivity index (χ1v) is 13.0. The third-order valence-corrected chi connectivity index (χ3v) is 8.08. The molecule has 0 aliphatic heterocycles. The minimum Gasteiger partial charge on any atom is -0.236 e. The Hall–Kier alpha value is -4.28. The number of rotatable bonds is 3. The van der Waals surface area contributed by atoms with Crippen LogP contribution in [0.1, 0.15) is 5.56 Å². The predicted molar refractivity (Wildman–Crippen MR) is 151 cm³/mol. The van der Waals surface area contributed by atoms with Crippen LogP contribution in [0.4, 0.5) is 0 Å². The van der Waals surface area contributed by atoms with Gasteiger partial charge in [0.1, 0.15) is 10.7 Å². The number of imidazole rings is 1. The Kier molecular flexibility index (Phi) is 4.76. The molecule has 172 valence electrons. The monoisotopic (exact) mass is 482 g/mol. The Bertz CT molecular complexity index is 1910. The molecule has 0 saturated carbocycles. The van der Waals surface area contributed by atoms with E-state index in [0.717, 1.165) is 21.9 Å². The maximum Gasteiger partial charge on any atom is 0.295 e. The van der Waals surface area contributed by atoms with E-state index in [1.54, 1.807) is 11.3 Å². The molecule has 0 saturated heterocycles.